The summed E-state index contributed by atoms with van der Waals surface area (Å²) >= 11 is 0. The lowest BCUT2D eigenvalue weighted by atomic mass is 9.81. The number of furan rings is 1. The first-order chi connectivity index (χ1) is 12.4. The topological polar surface area (TPSA) is 88.8 Å². The zero-order chi connectivity index (χ0) is 18.8. The molecule has 2 aromatic rings. The van der Waals surface area contributed by atoms with Gasteiger partial charge in [0.15, 0.2) is 0 Å². The number of amides is 1. The van der Waals surface area contributed by atoms with Crippen LogP contribution in [0.15, 0.2) is 22.6 Å². The number of hydrogen-bond acceptors (Lipinski definition) is 4. The van der Waals surface area contributed by atoms with E-state index in [1.54, 1.807) is 7.11 Å². The average Bonchev–Trinajstić information content (AvgIpc) is 2.98. The molecule has 1 amide bonds. The predicted octanol–water partition coefficient (Wildman–Crippen LogP) is 3.82. The third kappa shape index (κ3) is 3.54. The van der Waals surface area contributed by atoms with E-state index in [1.165, 1.54) is 0 Å². The summed E-state index contributed by atoms with van der Waals surface area (Å²) in [6.45, 7) is 3.88. The highest BCUT2D eigenvalue weighted by Gasteiger charge is 2.31. The molecular formula is C20H25NO5. The van der Waals surface area contributed by atoms with Crippen LogP contribution in [0.3, 0.4) is 0 Å². The van der Waals surface area contributed by atoms with Crippen LogP contribution in [0.5, 0.6) is 5.75 Å². The van der Waals surface area contributed by atoms with Crippen molar-refractivity contribution in [3.8, 4) is 5.75 Å². The van der Waals surface area contributed by atoms with Crippen LogP contribution < -0.4 is 10.1 Å². The van der Waals surface area contributed by atoms with Gasteiger partial charge in [-0.15, -0.1) is 0 Å². The highest BCUT2D eigenvalue weighted by Crippen LogP contribution is 2.33. The summed E-state index contributed by atoms with van der Waals surface area (Å²) in [5.74, 6) is 0.270. The maximum atomic E-state index is 12.6. The van der Waals surface area contributed by atoms with Crippen LogP contribution in [0.25, 0.3) is 11.0 Å². The molecule has 2 N–H and O–H groups in total. The molecule has 6 nitrogen and oxygen atoms in total. The van der Waals surface area contributed by atoms with Gasteiger partial charge in [0.1, 0.15) is 17.1 Å². The lowest BCUT2D eigenvalue weighted by Crippen LogP contribution is -2.35. The van der Waals surface area contributed by atoms with Crippen molar-refractivity contribution in [3.63, 3.8) is 0 Å². The molecule has 1 aliphatic carbocycles. The van der Waals surface area contributed by atoms with Crippen molar-refractivity contribution in [2.75, 3.05) is 7.11 Å². The van der Waals surface area contributed by atoms with E-state index in [0.29, 0.717) is 25.7 Å². The fraction of sp³-hybridized carbons (Fsp3) is 0.500. The van der Waals surface area contributed by atoms with E-state index in [4.69, 9.17) is 14.3 Å². The average molecular weight is 359 g/mol. The first kappa shape index (κ1) is 18.3. The van der Waals surface area contributed by atoms with Gasteiger partial charge in [-0.3, -0.25) is 9.59 Å². The van der Waals surface area contributed by atoms with Gasteiger partial charge in [-0.1, -0.05) is 0 Å². The minimum absolute atomic E-state index is 0.0289. The Hall–Kier alpha value is -2.50. The van der Waals surface area contributed by atoms with Gasteiger partial charge in [-0.25, -0.2) is 0 Å². The van der Waals surface area contributed by atoms with Gasteiger partial charge in [0.05, 0.1) is 19.1 Å². The van der Waals surface area contributed by atoms with Gasteiger partial charge in [-0.05, 0) is 57.7 Å². The Morgan fingerprint density at radius 3 is 2.50 bits per heavy atom. The molecule has 6 heteroatoms. The third-order valence-corrected chi connectivity index (χ3v) is 5.38. The molecule has 1 unspecified atom stereocenters. The van der Waals surface area contributed by atoms with Gasteiger partial charge in [0, 0.05) is 16.9 Å². The molecule has 0 bridgehead atoms. The zero-order valence-corrected chi connectivity index (χ0v) is 15.4. The molecule has 1 atom stereocenters. The molecule has 0 spiro atoms. The number of hydrogen-bond donors (Lipinski definition) is 2. The standard InChI is InChI=1S/C20H25NO5/c1-11-16-10-15(25-3)8-9-17(16)26-18(11)12(2)21-19(22)13-4-6-14(7-5-13)20(23)24/h8-10,12-14H,4-7H2,1-3H3,(H,21,22)(H,23,24). The van der Waals surface area contributed by atoms with Gasteiger partial charge in [-0.2, -0.15) is 0 Å². The number of ether oxygens (including phenoxy) is 1. The second kappa shape index (κ2) is 7.40. The molecule has 1 fully saturated rings. The summed E-state index contributed by atoms with van der Waals surface area (Å²) in [5.41, 5.74) is 1.75. The van der Waals surface area contributed by atoms with E-state index in [-0.39, 0.29) is 23.8 Å². The normalized spacial score (nSPS) is 21.3. The van der Waals surface area contributed by atoms with E-state index in [2.05, 4.69) is 5.32 Å². The number of carbonyl (C=O) groups excluding carboxylic acids is 1. The lowest BCUT2D eigenvalue weighted by Gasteiger charge is -2.26. The molecule has 0 radical (unpaired) electrons. The quantitative estimate of drug-likeness (QED) is 0.847. The maximum absolute atomic E-state index is 12.6. The lowest BCUT2D eigenvalue weighted by molar-refractivity contribution is -0.144. The van der Waals surface area contributed by atoms with Gasteiger partial charge in [0.2, 0.25) is 5.91 Å². The summed E-state index contributed by atoms with van der Waals surface area (Å²) in [7, 11) is 1.62. The largest absolute Gasteiger partial charge is 0.497 e. The minimum atomic E-state index is -0.759. The number of carbonyl (C=O) groups is 2. The molecule has 1 aliphatic rings. The predicted molar refractivity (Wildman–Crippen MR) is 97.1 cm³/mol. The van der Waals surface area contributed by atoms with Crippen molar-refractivity contribution in [2.24, 2.45) is 11.8 Å². The first-order valence-electron chi connectivity index (χ1n) is 9.01. The third-order valence-electron chi connectivity index (χ3n) is 5.38. The highest BCUT2D eigenvalue weighted by molar-refractivity contribution is 5.84. The molecule has 1 saturated carbocycles. The SMILES string of the molecule is COc1ccc2oc(C(C)NC(=O)C3CCC(C(=O)O)CC3)c(C)c2c1. The Morgan fingerprint density at radius 1 is 1.23 bits per heavy atom. The fourth-order valence-electron chi connectivity index (χ4n) is 3.76. The molecule has 1 heterocycles. The number of rotatable bonds is 5. The monoisotopic (exact) mass is 359 g/mol. The fourth-order valence-corrected chi connectivity index (χ4v) is 3.76. The van der Waals surface area contributed by atoms with E-state index >= 15 is 0 Å². The summed E-state index contributed by atoms with van der Waals surface area (Å²) in [4.78, 5) is 23.6. The molecule has 0 aliphatic heterocycles. The second-order valence-corrected chi connectivity index (χ2v) is 7.07. The number of methoxy groups -OCH3 is 1. The van der Waals surface area contributed by atoms with Crippen molar-refractivity contribution in [1.29, 1.82) is 0 Å². The number of aliphatic carboxylic acids is 1. The summed E-state index contributed by atoms with van der Waals surface area (Å²) < 4.78 is 11.2. The van der Waals surface area contributed by atoms with Crippen molar-refractivity contribution >= 4 is 22.8 Å². The van der Waals surface area contributed by atoms with E-state index in [9.17, 15) is 9.59 Å². The van der Waals surface area contributed by atoms with Crippen LogP contribution >= 0.6 is 0 Å². The smallest absolute Gasteiger partial charge is 0.306 e. The Kier molecular flexibility index (Phi) is 5.20. The van der Waals surface area contributed by atoms with Crippen molar-refractivity contribution in [3.05, 3.63) is 29.5 Å². The van der Waals surface area contributed by atoms with E-state index in [1.807, 2.05) is 32.0 Å². The molecule has 26 heavy (non-hydrogen) atoms. The Bertz CT molecular complexity index is 817. The highest BCUT2D eigenvalue weighted by atomic mass is 16.5. The maximum Gasteiger partial charge on any atom is 0.306 e. The van der Waals surface area contributed by atoms with Crippen molar-refractivity contribution in [1.82, 2.24) is 5.32 Å². The van der Waals surface area contributed by atoms with Crippen LogP contribution in [0.4, 0.5) is 0 Å². The molecule has 0 saturated heterocycles. The van der Waals surface area contributed by atoms with Gasteiger partial charge < -0.3 is 19.6 Å². The van der Waals surface area contributed by atoms with Crippen LogP contribution in [-0.2, 0) is 9.59 Å². The number of fused-ring (bicyclic) bond motifs is 1. The molecule has 140 valence electrons. The van der Waals surface area contributed by atoms with Crippen molar-refractivity contribution in [2.45, 2.75) is 45.6 Å². The number of carboxylic acid groups (broad SMARTS) is 1. The number of carboxylic acids is 1. The zero-order valence-electron chi connectivity index (χ0n) is 15.4. The van der Waals surface area contributed by atoms with E-state index < -0.39 is 5.97 Å². The van der Waals surface area contributed by atoms with Crippen LogP contribution in [0, 0.1) is 18.8 Å². The summed E-state index contributed by atoms with van der Waals surface area (Å²) in [6, 6.07) is 5.39. The first-order valence-corrected chi connectivity index (χ1v) is 9.01. The second-order valence-electron chi connectivity index (χ2n) is 7.07. The number of nitrogens with one attached hydrogen (secondary N) is 1. The number of aryl methyl sites for hydroxylation is 1. The Balaban J connectivity index is 1.69. The number of benzene rings is 1. The molecule has 3 rings (SSSR count). The molecular weight excluding hydrogens is 334 g/mol. The summed E-state index contributed by atoms with van der Waals surface area (Å²) in [6.07, 6.45) is 2.36. The molecule has 1 aromatic heterocycles. The van der Waals surface area contributed by atoms with Crippen LogP contribution in [-0.4, -0.2) is 24.1 Å². The summed E-state index contributed by atoms with van der Waals surface area (Å²) in [5, 5.41) is 13.1. The Morgan fingerprint density at radius 2 is 1.88 bits per heavy atom. The van der Waals surface area contributed by atoms with Crippen LogP contribution in [0.1, 0.15) is 50.0 Å². The van der Waals surface area contributed by atoms with E-state index in [0.717, 1.165) is 28.0 Å². The minimum Gasteiger partial charge on any atom is -0.497 e. The van der Waals surface area contributed by atoms with Gasteiger partial charge in [0.25, 0.3) is 0 Å². The van der Waals surface area contributed by atoms with Gasteiger partial charge >= 0.3 is 5.97 Å². The van der Waals surface area contributed by atoms with Crippen molar-refractivity contribution < 1.29 is 23.8 Å². The van der Waals surface area contributed by atoms with Crippen LogP contribution in [0.2, 0.25) is 0 Å². The Labute approximate surface area is 152 Å². The molecule has 1 aromatic carbocycles.